The zero-order valence-electron chi connectivity index (χ0n) is 12.6. The Morgan fingerprint density at radius 3 is 2.80 bits per heavy atom. The van der Waals surface area contributed by atoms with Crippen molar-refractivity contribution in [3.05, 3.63) is 23.7 Å². The molecule has 1 aromatic rings. The van der Waals surface area contributed by atoms with E-state index in [4.69, 9.17) is 9.15 Å². The predicted octanol–water partition coefficient (Wildman–Crippen LogP) is 2.21. The number of hydrogen-bond donors (Lipinski definition) is 1. The number of hydrogen-bond acceptors (Lipinski definition) is 4. The molecular weight excluding hydrogens is 252 g/mol. The molecule has 2 heterocycles. The van der Waals surface area contributed by atoms with Crippen molar-refractivity contribution in [3.63, 3.8) is 0 Å². The first-order valence-electron chi connectivity index (χ1n) is 7.84. The number of nitrogens with one attached hydrogen (secondary N) is 1. The molecule has 1 saturated heterocycles. The van der Waals surface area contributed by atoms with Gasteiger partial charge in [-0.3, -0.25) is 4.90 Å². The molecular formula is C16H26N2O2. The molecule has 1 saturated carbocycles. The zero-order valence-corrected chi connectivity index (χ0v) is 12.6. The van der Waals surface area contributed by atoms with Crippen LogP contribution >= 0.6 is 0 Å². The average Bonchev–Trinajstić information content (AvgIpc) is 3.01. The van der Waals surface area contributed by atoms with E-state index >= 15 is 0 Å². The van der Waals surface area contributed by atoms with E-state index in [-0.39, 0.29) is 0 Å². The topological polar surface area (TPSA) is 37.6 Å². The molecule has 3 atom stereocenters. The maximum Gasteiger partial charge on any atom is 0.117 e. The predicted molar refractivity (Wildman–Crippen MR) is 78.8 cm³/mol. The molecule has 4 heteroatoms. The summed E-state index contributed by atoms with van der Waals surface area (Å²) in [4.78, 5) is 2.46. The van der Waals surface area contributed by atoms with Gasteiger partial charge in [-0.05, 0) is 31.4 Å². The van der Waals surface area contributed by atoms with E-state index < -0.39 is 0 Å². The fourth-order valence-corrected chi connectivity index (χ4v) is 2.92. The van der Waals surface area contributed by atoms with Gasteiger partial charge in [0.2, 0.25) is 0 Å². The smallest absolute Gasteiger partial charge is 0.117 e. The van der Waals surface area contributed by atoms with Crippen molar-refractivity contribution in [1.29, 1.82) is 0 Å². The lowest BCUT2D eigenvalue weighted by Crippen LogP contribution is -2.44. The molecule has 112 valence electrons. The molecule has 0 spiro atoms. The number of ether oxygens (including phenoxy) is 1. The Balaban J connectivity index is 1.40. The minimum Gasteiger partial charge on any atom is -0.464 e. The first kappa shape index (κ1) is 14.1. The van der Waals surface area contributed by atoms with E-state index in [9.17, 15) is 0 Å². The van der Waals surface area contributed by atoms with Crippen LogP contribution in [0.1, 0.15) is 37.7 Å². The number of furan rings is 1. The zero-order chi connectivity index (χ0) is 13.9. The van der Waals surface area contributed by atoms with E-state index in [2.05, 4.69) is 36.2 Å². The number of morpholine rings is 1. The highest BCUT2D eigenvalue weighted by molar-refractivity contribution is 5.17. The second-order valence-electron chi connectivity index (χ2n) is 6.32. The van der Waals surface area contributed by atoms with Crippen LogP contribution in [0.2, 0.25) is 0 Å². The summed E-state index contributed by atoms with van der Waals surface area (Å²) in [6.45, 7) is 10.3. The van der Waals surface area contributed by atoms with Gasteiger partial charge in [0.05, 0.1) is 19.8 Å². The summed E-state index contributed by atoms with van der Waals surface area (Å²) in [5.74, 6) is 3.72. The van der Waals surface area contributed by atoms with Gasteiger partial charge in [-0.25, -0.2) is 0 Å². The quantitative estimate of drug-likeness (QED) is 0.866. The molecule has 0 bridgehead atoms. The van der Waals surface area contributed by atoms with Crippen LogP contribution in [0.15, 0.2) is 16.5 Å². The standard InChI is InChI=1S/C16H26N2O2/c1-12-9-15(12)16-4-3-14(20-16)10-17-13(2)11-18-5-7-19-8-6-18/h3-4,12-13,15,17H,5-11H2,1-2H3. The third kappa shape index (κ3) is 3.62. The highest BCUT2D eigenvalue weighted by Gasteiger charge is 2.36. The molecule has 2 aliphatic rings. The first-order valence-corrected chi connectivity index (χ1v) is 7.84. The average molecular weight is 278 g/mol. The van der Waals surface area contributed by atoms with Crippen molar-refractivity contribution in [2.45, 2.75) is 38.8 Å². The van der Waals surface area contributed by atoms with Gasteiger partial charge in [0, 0.05) is 31.6 Å². The molecule has 1 aliphatic heterocycles. The summed E-state index contributed by atoms with van der Waals surface area (Å²) in [5.41, 5.74) is 0. The molecule has 0 aromatic carbocycles. The Labute approximate surface area is 121 Å². The van der Waals surface area contributed by atoms with Crippen molar-refractivity contribution >= 4 is 0 Å². The summed E-state index contributed by atoms with van der Waals surface area (Å²) in [6, 6.07) is 4.74. The Morgan fingerprint density at radius 1 is 1.35 bits per heavy atom. The third-order valence-electron chi connectivity index (χ3n) is 4.42. The van der Waals surface area contributed by atoms with Crippen LogP contribution in [0, 0.1) is 5.92 Å². The molecule has 1 aromatic heterocycles. The summed E-state index contributed by atoms with van der Waals surface area (Å²) >= 11 is 0. The Morgan fingerprint density at radius 2 is 2.10 bits per heavy atom. The van der Waals surface area contributed by atoms with Crippen LogP contribution in [-0.2, 0) is 11.3 Å². The van der Waals surface area contributed by atoms with Gasteiger partial charge in [-0.15, -0.1) is 0 Å². The van der Waals surface area contributed by atoms with Gasteiger partial charge in [-0.1, -0.05) is 6.92 Å². The van der Waals surface area contributed by atoms with Gasteiger partial charge in [0.25, 0.3) is 0 Å². The van der Waals surface area contributed by atoms with E-state index in [1.54, 1.807) is 0 Å². The maximum atomic E-state index is 5.92. The van der Waals surface area contributed by atoms with Crippen molar-refractivity contribution < 1.29 is 9.15 Å². The van der Waals surface area contributed by atoms with Crippen LogP contribution in [0.5, 0.6) is 0 Å². The van der Waals surface area contributed by atoms with Gasteiger partial charge in [0.15, 0.2) is 0 Å². The maximum absolute atomic E-state index is 5.92. The lowest BCUT2D eigenvalue weighted by atomic mass is 10.2. The lowest BCUT2D eigenvalue weighted by Gasteiger charge is -2.29. The Hall–Kier alpha value is -0.840. The SMILES string of the molecule is CC(CN1CCOCC1)NCc1ccc(C2CC2C)o1. The number of nitrogens with zero attached hydrogens (tertiary/aromatic N) is 1. The monoisotopic (exact) mass is 278 g/mol. The summed E-state index contributed by atoms with van der Waals surface area (Å²) in [7, 11) is 0. The largest absolute Gasteiger partial charge is 0.464 e. The van der Waals surface area contributed by atoms with Crippen molar-refractivity contribution in [1.82, 2.24) is 10.2 Å². The molecule has 4 nitrogen and oxygen atoms in total. The van der Waals surface area contributed by atoms with E-state index in [1.807, 2.05) is 0 Å². The van der Waals surface area contributed by atoms with Gasteiger partial charge in [-0.2, -0.15) is 0 Å². The summed E-state index contributed by atoms with van der Waals surface area (Å²) < 4.78 is 11.3. The van der Waals surface area contributed by atoms with Gasteiger partial charge >= 0.3 is 0 Å². The van der Waals surface area contributed by atoms with Crippen LogP contribution < -0.4 is 5.32 Å². The fourth-order valence-electron chi connectivity index (χ4n) is 2.92. The highest BCUT2D eigenvalue weighted by Crippen LogP contribution is 2.47. The van der Waals surface area contributed by atoms with Crippen LogP contribution in [0.25, 0.3) is 0 Å². The molecule has 0 amide bonds. The molecule has 3 unspecified atom stereocenters. The van der Waals surface area contributed by atoms with Crippen LogP contribution in [0.3, 0.4) is 0 Å². The minimum absolute atomic E-state index is 0.474. The van der Waals surface area contributed by atoms with Crippen LogP contribution in [-0.4, -0.2) is 43.8 Å². The molecule has 20 heavy (non-hydrogen) atoms. The second-order valence-corrected chi connectivity index (χ2v) is 6.32. The molecule has 3 rings (SSSR count). The molecule has 1 N–H and O–H groups in total. The van der Waals surface area contributed by atoms with Crippen LogP contribution in [0.4, 0.5) is 0 Å². The van der Waals surface area contributed by atoms with E-state index in [0.717, 1.165) is 51.1 Å². The highest BCUT2D eigenvalue weighted by atomic mass is 16.5. The molecule has 1 aliphatic carbocycles. The fraction of sp³-hybridized carbons (Fsp3) is 0.750. The minimum atomic E-state index is 0.474. The normalized spacial score (nSPS) is 28.5. The van der Waals surface area contributed by atoms with Gasteiger partial charge in [0.1, 0.15) is 11.5 Å². The number of rotatable bonds is 6. The molecule has 0 radical (unpaired) electrons. The van der Waals surface area contributed by atoms with E-state index in [0.29, 0.717) is 12.0 Å². The van der Waals surface area contributed by atoms with Crippen molar-refractivity contribution in [3.8, 4) is 0 Å². The molecule has 2 fully saturated rings. The Kier molecular flexibility index (Phi) is 4.44. The first-order chi connectivity index (χ1) is 9.72. The van der Waals surface area contributed by atoms with Crippen molar-refractivity contribution in [2.75, 3.05) is 32.8 Å². The third-order valence-corrected chi connectivity index (χ3v) is 4.42. The van der Waals surface area contributed by atoms with E-state index in [1.165, 1.54) is 12.2 Å². The second kappa shape index (κ2) is 6.29. The lowest BCUT2D eigenvalue weighted by molar-refractivity contribution is 0.0342. The Bertz CT molecular complexity index is 426. The summed E-state index contributed by atoms with van der Waals surface area (Å²) in [5, 5.41) is 3.55. The summed E-state index contributed by atoms with van der Waals surface area (Å²) in [6.07, 6.45) is 1.29. The van der Waals surface area contributed by atoms with Gasteiger partial charge < -0.3 is 14.5 Å². The van der Waals surface area contributed by atoms with Crippen molar-refractivity contribution in [2.24, 2.45) is 5.92 Å².